The van der Waals surface area contributed by atoms with Gasteiger partial charge in [-0.1, -0.05) is 48.2 Å². The first-order valence-corrected chi connectivity index (χ1v) is 7.84. The number of anilines is 1. The maximum Gasteiger partial charge on any atom is 0.209 e. The number of piperazine rings is 1. The van der Waals surface area contributed by atoms with Crippen LogP contribution < -0.4 is 4.90 Å². The van der Waals surface area contributed by atoms with Crippen LogP contribution in [-0.4, -0.2) is 37.6 Å². The first-order chi connectivity index (χ1) is 11.4. The zero-order chi connectivity index (χ0) is 15.9. The molecule has 114 valence electrons. The number of nitrogens with zero attached hydrogens (tertiary/aromatic N) is 3. The van der Waals surface area contributed by atoms with E-state index >= 15 is 0 Å². The second-order valence-corrected chi connectivity index (χ2v) is 5.53. The molecule has 0 atom stereocenters. The third-order valence-electron chi connectivity index (χ3n) is 4.02. The molecular weight excluding hydrogens is 282 g/mol. The lowest BCUT2D eigenvalue weighted by atomic mass is 10.2. The average Bonchev–Trinajstić information content (AvgIpc) is 2.63. The molecule has 0 amide bonds. The van der Waals surface area contributed by atoms with Crippen LogP contribution in [0.4, 0.5) is 11.4 Å². The Balaban J connectivity index is 1.55. The fourth-order valence-electron chi connectivity index (χ4n) is 2.75. The quantitative estimate of drug-likeness (QED) is 0.622. The Morgan fingerprint density at radius 2 is 1.61 bits per heavy atom. The molecule has 0 bridgehead atoms. The number of hydrogen-bond acceptors (Lipinski definition) is 2. The first kappa shape index (κ1) is 15.2. The van der Waals surface area contributed by atoms with Crippen LogP contribution in [0.25, 0.3) is 4.85 Å². The number of para-hydroxylation sites is 2. The molecule has 3 rings (SSSR count). The SMILES string of the molecule is [C-]#[N+]c1ccccc1N1CCN(CC#Cc2ccccc2)CC1. The van der Waals surface area contributed by atoms with Gasteiger partial charge in [0.15, 0.2) is 0 Å². The fraction of sp³-hybridized carbons (Fsp3) is 0.250. The molecule has 23 heavy (non-hydrogen) atoms. The highest BCUT2D eigenvalue weighted by molar-refractivity contribution is 5.70. The Kier molecular flexibility index (Phi) is 4.94. The van der Waals surface area contributed by atoms with E-state index in [-0.39, 0.29) is 0 Å². The summed E-state index contributed by atoms with van der Waals surface area (Å²) in [7, 11) is 0. The van der Waals surface area contributed by atoms with Gasteiger partial charge in [-0.15, -0.1) is 0 Å². The molecule has 0 aliphatic carbocycles. The summed E-state index contributed by atoms with van der Waals surface area (Å²) < 4.78 is 0. The lowest BCUT2D eigenvalue weighted by Crippen LogP contribution is -2.46. The van der Waals surface area contributed by atoms with Gasteiger partial charge in [0.1, 0.15) is 0 Å². The van der Waals surface area contributed by atoms with Crippen LogP contribution in [0.15, 0.2) is 54.6 Å². The highest BCUT2D eigenvalue weighted by Gasteiger charge is 2.18. The van der Waals surface area contributed by atoms with Crippen molar-refractivity contribution < 1.29 is 0 Å². The van der Waals surface area contributed by atoms with Gasteiger partial charge in [0.25, 0.3) is 0 Å². The minimum atomic E-state index is 0.741. The third kappa shape index (κ3) is 3.92. The summed E-state index contributed by atoms with van der Waals surface area (Å²) in [6.07, 6.45) is 0. The van der Waals surface area contributed by atoms with E-state index in [4.69, 9.17) is 6.57 Å². The van der Waals surface area contributed by atoms with E-state index in [9.17, 15) is 0 Å². The Morgan fingerprint density at radius 3 is 2.35 bits per heavy atom. The second kappa shape index (κ2) is 7.49. The van der Waals surface area contributed by atoms with E-state index in [1.54, 1.807) is 0 Å². The van der Waals surface area contributed by atoms with Crippen molar-refractivity contribution in [2.24, 2.45) is 0 Å². The number of rotatable bonds is 2. The Labute approximate surface area is 138 Å². The summed E-state index contributed by atoms with van der Waals surface area (Å²) in [5.41, 5.74) is 2.86. The van der Waals surface area contributed by atoms with Crippen LogP contribution in [0.3, 0.4) is 0 Å². The number of hydrogen-bond donors (Lipinski definition) is 0. The van der Waals surface area contributed by atoms with Crippen molar-refractivity contribution in [3.63, 3.8) is 0 Å². The molecule has 1 aliphatic rings. The van der Waals surface area contributed by atoms with Crippen LogP contribution in [-0.2, 0) is 0 Å². The van der Waals surface area contributed by atoms with Gasteiger partial charge in [-0.25, -0.2) is 4.85 Å². The van der Waals surface area contributed by atoms with Crippen molar-refractivity contribution >= 4 is 11.4 Å². The lowest BCUT2D eigenvalue weighted by molar-refractivity contribution is 0.288. The maximum atomic E-state index is 7.29. The van der Waals surface area contributed by atoms with Crippen LogP contribution in [0.2, 0.25) is 0 Å². The van der Waals surface area contributed by atoms with Gasteiger partial charge in [-0.3, -0.25) is 4.90 Å². The van der Waals surface area contributed by atoms with Crippen molar-refractivity contribution in [3.8, 4) is 11.8 Å². The topological polar surface area (TPSA) is 10.8 Å². The molecule has 2 aromatic carbocycles. The second-order valence-electron chi connectivity index (χ2n) is 5.53. The molecule has 0 unspecified atom stereocenters. The molecule has 3 nitrogen and oxygen atoms in total. The number of benzene rings is 2. The summed E-state index contributed by atoms with van der Waals surface area (Å²) in [6, 6.07) is 17.9. The fourth-order valence-corrected chi connectivity index (χ4v) is 2.75. The Hall–Kier alpha value is -2.75. The van der Waals surface area contributed by atoms with E-state index in [0.29, 0.717) is 0 Å². The van der Waals surface area contributed by atoms with Gasteiger partial charge < -0.3 is 4.90 Å². The van der Waals surface area contributed by atoms with Gasteiger partial charge in [0, 0.05) is 37.4 Å². The van der Waals surface area contributed by atoms with Crippen molar-refractivity contribution in [2.75, 3.05) is 37.6 Å². The normalized spacial score (nSPS) is 14.7. The predicted molar refractivity (Wildman–Crippen MR) is 94.7 cm³/mol. The van der Waals surface area contributed by atoms with Crippen molar-refractivity contribution in [1.29, 1.82) is 0 Å². The van der Waals surface area contributed by atoms with Crippen LogP contribution >= 0.6 is 0 Å². The van der Waals surface area contributed by atoms with Crippen LogP contribution in [0.1, 0.15) is 5.56 Å². The summed E-state index contributed by atoms with van der Waals surface area (Å²) in [4.78, 5) is 8.29. The molecule has 1 heterocycles. The van der Waals surface area contributed by atoms with Crippen LogP contribution in [0.5, 0.6) is 0 Å². The van der Waals surface area contributed by atoms with E-state index in [1.807, 2.05) is 54.6 Å². The van der Waals surface area contributed by atoms with Crippen molar-refractivity contribution in [2.45, 2.75) is 0 Å². The third-order valence-corrected chi connectivity index (χ3v) is 4.02. The zero-order valence-corrected chi connectivity index (χ0v) is 13.1. The van der Waals surface area contributed by atoms with Gasteiger partial charge in [-0.05, 0) is 18.2 Å². The van der Waals surface area contributed by atoms with E-state index in [2.05, 4.69) is 26.5 Å². The zero-order valence-electron chi connectivity index (χ0n) is 13.1. The van der Waals surface area contributed by atoms with E-state index < -0.39 is 0 Å². The maximum absolute atomic E-state index is 7.29. The molecule has 1 aliphatic heterocycles. The Morgan fingerprint density at radius 1 is 0.913 bits per heavy atom. The largest absolute Gasteiger partial charge is 0.378 e. The monoisotopic (exact) mass is 301 g/mol. The van der Waals surface area contributed by atoms with Crippen molar-refractivity contribution in [1.82, 2.24) is 4.90 Å². The molecule has 1 fully saturated rings. The minimum Gasteiger partial charge on any atom is -0.378 e. The first-order valence-electron chi connectivity index (χ1n) is 7.84. The average molecular weight is 301 g/mol. The molecule has 0 saturated carbocycles. The molecule has 1 saturated heterocycles. The summed E-state index contributed by atoms with van der Waals surface area (Å²) in [5, 5.41) is 0. The van der Waals surface area contributed by atoms with Crippen LogP contribution in [0, 0.1) is 18.4 Å². The summed E-state index contributed by atoms with van der Waals surface area (Å²) >= 11 is 0. The minimum absolute atomic E-state index is 0.741. The molecule has 0 radical (unpaired) electrons. The van der Waals surface area contributed by atoms with Crippen molar-refractivity contribution in [3.05, 3.63) is 71.6 Å². The lowest BCUT2D eigenvalue weighted by Gasteiger charge is -2.35. The van der Waals surface area contributed by atoms with Gasteiger partial charge >= 0.3 is 0 Å². The molecule has 2 aromatic rings. The van der Waals surface area contributed by atoms with Gasteiger partial charge in [-0.2, -0.15) is 0 Å². The van der Waals surface area contributed by atoms with Gasteiger partial charge in [0.05, 0.1) is 13.1 Å². The van der Waals surface area contributed by atoms with E-state index in [0.717, 1.165) is 49.7 Å². The highest BCUT2D eigenvalue weighted by Crippen LogP contribution is 2.28. The summed E-state index contributed by atoms with van der Waals surface area (Å²) in [5.74, 6) is 6.47. The molecule has 0 spiro atoms. The smallest absolute Gasteiger partial charge is 0.209 e. The van der Waals surface area contributed by atoms with E-state index in [1.165, 1.54) is 0 Å². The molecule has 0 aromatic heterocycles. The molecular formula is C20H19N3. The molecule has 3 heteroatoms. The Bertz CT molecular complexity index is 742. The predicted octanol–water partition coefficient (Wildman–Crippen LogP) is 3.41. The molecule has 0 N–H and O–H groups in total. The standard InChI is InChI=1S/C20H19N3/c1-21-19-11-5-6-12-20(19)23-16-14-22(15-17-23)13-7-10-18-8-3-2-4-9-18/h2-6,8-9,11-12H,13-17H2. The van der Waals surface area contributed by atoms with Gasteiger partial charge in [0.2, 0.25) is 5.69 Å². The highest BCUT2D eigenvalue weighted by atomic mass is 15.3. The summed E-state index contributed by atoms with van der Waals surface area (Å²) in [6.45, 7) is 11.9.